The molecule has 2 aromatic carbocycles. The van der Waals surface area contributed by atoms with Crippen LogP contribution in [0.3, 0.4) is 0 Å². The van der Waals surface area contributed by atoms with Gasteiger partial charge in [-0.3, -0.25) is 10.1 Å². The van der Waals surface area contributed by atoms with E-state index in [0.717, 1.165) is 10.8 Å². The van der Waals surface area contributed by atoms with Gasteiger partial charge in [0.2, 0.25) is 5.91 Å². The first kappa shape index (κ1) is 25.1. The number of carbonyl (C=O) groups excluding carboxylic acids is 2. The highest BCUT2D eigenvalue weighted by atomic mass is 35.5. The van der Waals surface area contributed by atoms with Crippen LogP contribution in [-0.4, -0.2) is 46.1 Å². The van der Waals surface area contributed by atoms with Crippen LogP contribution >= 0.6 is 11.6 Å². The fourth-order valence-corrected chi connectivity index (χ4v) is 3.73. The number of imidazole rings is 1. The van der Waals surface area contributed by atoms with Crippen LogP contribution in [-0.2, 0) is 22.5 Å². The third-order valence-corrected chi connectivity index (χ3v) is 5.69. The molecule has 2 aromatic heterocycles. The smallest absolute Gasteiger partial charge is 0.412 e. The van der Waals surface area contributed by atoms with E-state index in [2.05, 4.69) is 30.9 Å². The molecule has 0 aliphatic rings. The number of ether oxygens (including phenoxy) is 1. The highest BCUT2D eigenvalue weighted by Crippen LogP contribution is 2.19. The molecule has 0 spiro atoms. The molecule has 4 N–H and O–H groups in total. The van der Waals surface area contributed by atoms with Gasteiger partial charge in [0.1, 0.15) is 24.1 Å². The maximum absolute atomic E-state index is 13.6. The number of aromatic amines is 1. The Morgan fingerprint density at radius 2 is 1.94 bits per heavy atom. The molecule has 0 radical (unpaired) electrons. The summed E-state index contributed by atoms with van der Waals surface area (Å²) in [7, 11) is 0. The van der Waals surface area contributed by atoms with E-state index in [1.807, 2.05) is 24.3 Å². The van der Waals surface area contributed by atoms with Gasteiger partial charge in [0.25, 0.3) is 0 Å². The third kappa shape index (κ3) is 7.00. The van der Waals surface area contributed by atoms with E-state index < -0.39 is 18.0 Å². The number of pyridine rings is 1. The first-order valence-corrected chi connectivity index (χ1v) is 11.6. The van der Waals surface area contributed by atoms with Gasteiger partial charge in [-0.05, 0) is 23.1 Å². The predicted octanol–water partition coefficient (Wildman–Crippen LogP) is 3.82. The van der Waals surface area contributed by atoms with Crippen LogP contribution in [0.15, 0.2) is 67.1 Å². The average molecular weight is 511 g/mol. The molecule has 36 heavy (non-hydrogen) atoms. The molecule has 1 atom stereocenters. The molecule has 0 fully saturated rings. The highest BCUT2D eigenvalue weighted by molar-refractivity contribution is 6.31. The van der Waals surface area contributed by atoms with Crippen molar-refractivity contribution in [3.63, 3.8) is 0 Å². The van der Waals surface area contributed by atoms with Crippen LogP contribution in [0.4, 0.5) is 15.0 Å². The van der Waals surface area contributed by atoms with Crippen LogP contribution in [0.25, 0.3) is 10.8 Å². The first-order valence-electron chi connectivity index (χ1n) is 11.2. The van der Waals surface area contributed by atoms with E-state index in [1.165, 1.54) is 6.07 Å². The summed E-state index contributed by atoms with van der Waals surface area (Å²) in [6, 6.07) is 13.3. The van der Waals surface area contributed by atoms with Crippen LogP contribution in [0.2, 0.25) is 5.02 Å². The topological polar surface area (TPSA) is 121 Å². The summed E-state index contributed by atoms with van der Waals surface area (Å²) in [4.78, 5) is 36.2. The van der Waals surface area contributed by atoms with Crippen LogP contribution in [0.1, 0.15) is 11.4 Å². The Kier molecular flexibility index (Phi) is 8.43. The van der Waals surface area contributed by atoms with E-state index in [-0.39, 0.29) is 30.6 Å². The lowest BCUT2D eigenvalue weighted by Crippen LogP contribution is -2.44. The molecule has 4 aromatic rings. The zero-order valence-electron chi connectivity index (χ0n) is 19.1. The van der Waals surface area contributed by atoms with Crippen molar-refractivity contribution in [3.05, 3.63) is 89.3 Å². The Bertz CT molecular complexity index is 1330. The summed E-state index contributed by atoms with van der Waals surface area (Å²) in [6.07, 6.45) is 4.54. The second-order valence-corrected chi connectivity index (χ2v) is 8.34. The van der Waals surface area contributed by atoms with Crippen LogP contribution < -0.4 is 16.0 Å². The van der Waals surface area contributed by atoms with Gasteiger partial charge in [0, 0.05) is 36.9 Å². The Hall–Kier alpha value is -4.02. The van der Waals surface area contributed by atoms with E-state index in [4.69, 9.17) is 16.3 Å². The quantitative estimate of drug-likeness (QED) is 0.257. The zero-order chi connectivity index (χ0) is 25.3. The number of carbonyl (C=O) groups is 2. The fraction of sp³-hybridized carbons (Fsp3) is 0.200. The number of anilines is 1. The number of rotatable bonds is 10. The number of nitrogens with one attached hydrogen (secondary N) is 4. The number of hydrogen-bond acceptors (Lipinski definition) is 6. The molecule has 0 saturated heterocycles. The number of hydrogen-bond donors (Lipinski definition) is 4. The van der Waals surface area contributed by atoms with Gasteiger partial charge < -0.3 is 20.4 Å². The number of H-pyrrole nitrogens is 1. The van der Waals surface area contributed by atoms with Crippen LogP contribution in [0, 0.1) is 5.82 Å². The lowest BCUT2D eigenvalue weighted by atomic mass is 10.2. The second kappa shape index (κ2) is 12.1. The molecule has 4 rings (SSSR count). The van der Waals surface area contributed by atoms with Gasteiger partial charge in [0.05, 0.1) is 17.6 Å². The van der Waals surface area contributed by atoms with E-state index in [9.17, 15) is 14.0 Å². The summed E-state index contributed by atoms with van der Waals surface area (Å²) in [5, 5.41) is 10.2. The molecule has 2 amide bonds. The molecule has 2 heterocycles. The van der Waals surface area contributed by atoms with E-state index in [0.29, 0.717) is 23.6 Å². The average Bonchev–Trinajstić information content (AvgIpc) is 3.38. The second-order valence-electron chi connectivity index (χ2n) is 7.96. The van der Waals surface area contributed by atoms with E-state index in [1.54, 1.807) is 36.8 Å². The maximum Gasteiger partial charge on any atom is 0.412 e. The number of benzene rings is 2. The van der Waals surface area contributed by atoms with Gasteiger partial charge in [-0.15, -0.1) is 0 Å². The SMILES string of the molecule is O=C(CNCc1cccc(F)c1Cl)NC(COC(=O)Nc1cc2ccccc2cn1)Cc1ncc[nH]1. The zero-order valence-corrected chi connectivity index (χ0v) is 19.9. The minimum absolute atomic E-state index is 0.0152. The Morgan fingerprint density at radius 1 is 1.11 bits per heavy atom. The number of aromatic nitrogens is 3. The molecule has 186 valence electrons. The van der Waals surface area contributed by atoms with Crippen molar-refractivity contribution in [1.29, 1.82) is 0 Å². The standard InChI is InChI=1S/C25H24ClFN6O3/c26-24-18(6-3-7-20(24)27)12-28-14-23(34)32-19(11-21-29-8-9-30-21)15-36-25(35)33-22-10-16-4-1-2-5-17(16)13-31-22/h1-10,13,19,28H,11-12,14-15H2,(H,29,30)(H,32,34)(H,31,33,35). The van der Waals surface area contributed by atoms with Crippen molar-refractivity contribution >= 4 is 40.2 Å². The summed E-state index contributed by atoms with van der Waals surface area (Å²) < 4.78 is 18.9. The monoisotopic (exact) mass is 510 g/mol. The van der Waals surface area contributed by atoms with Gasteiger partial charge in [-0.1, -0.05) is 48.0 Å². The van der Waals surface area contributed by atoms with Gasteiger partial charge in [-0.2, -0.15) is 0 Å². The number of fused-ring (bicyclic) bond motifs is 1. The van der Waals surface area contributed by atoms with Crippen molar-refractivity contribution in [2.45, 2.75) is 19.0 Å². The maximum atomic E-state index is 13.6. The normalized spacial score (nSPS) is 11.7. The molecule has 0 bridgehead atoms. The van der Waals surface area contributed by atoms with Crippen molar-refractivity contribution in [3.8, 4) is 0 Å². The number of amides is 2. The Balaban J connectivity index is 1.29. The summed E-state index contributed by atoms with van der Waals surface area (Å²) in [6.45, 7) is 0.0702. The molecule has 0 aliphatic carbocycles. The first-order chi connectivity index (χ1) is 17.5. The lowest BCUT2D eigenvalue weighted by Gasteiger charge is -2.18. The van der Waals surface area contributed by atoms with Crippen LogP contribution in [0.5, 0.6) is 0 Å². The molecule has 1 unspecified atom stereocenters. The molecule has 11 heteroatoms. The minimum atomic E-state index is -0.699. The molecular weight excluding hydrogens is 487 g/mol. The summed E-state index contributed by atoms with van der Waals surface area (Å²) in [5.41, 5.74) is 0.541. The van der Waals surface area contributed by atoms with E-state index >= 15 is 0 Å². The van der Waals surface area contributed by atoms with Crippen molar-refractivity contribution in [2.24, 2.45) is 0 Å². The van der Waals surface area contributed by atoms with Crippen molar-refractivity contribution in [1.82, 2.24) is 25.6 Å². The molecule has 9 nitrogen and oxygen atoms in total. The van der Waals surface area contributed by atoms with Crippen molar-refractivity contribution in [2.75, 3.05) is 18.5 Å². The van der Waals surface area contributed by atoms with Crippen molar-refractivity contribution < 1.29 is 18.7 Å². The third-order valence-electron chi connectivity index (χ3n) is 5.27. The molecule has 0 aliphatic heterocycles. The Morgan fingerprint density at radius 3 is 2.75 bits per heavy atom. The summed E-state index contributed by atoms with van der Waals surface area (Å²) in [5.74, 6) is 0.123. The highest BCUT2D eigenvalue weighted by Gasteiger charge is 2.17. The van der Waals surface area contributed by atoms with Gasteiger partial charge in [-0.25, -0.2) is 19.2 Å². The fourth-order valence-electron chi connectivity index (χ4n) is 3.54. The number of nitrogens with zero attached hydrogens (tertiary/aromatic N) is 2. The largest absolute Gasteiger partial charge is 0.447 e. The molecular formula is C25H24ClFN6O3. The Labute approximate surface area is 211 Å². The van der Waals surface area contributed by atoms with Gasteiger partial charge >= 0.3 is 6.09 Å². The van der Waals surface area contributed by atoms with Gasteiger partial charge in [0.15, 0.2) is 0 Å². The lowest BCUT2D eigenvalue weighted by molar-refractivity contribution is -0.121. The predicted molar refractivity (Wildman–Crippen MR) is 134 cm³/mol. The minimum Gasteiger partial charge on any atom is -0.447 e. The molecule has 0 saturated carbocycles. The summed E-state index contributed by atoms with van der Waals surface area (Å²) >= 11 is 5.95. The number of halogens is 2.